The van der Waals surface area contributed by atoms with Gasteiger partial charge in [0.05, 0.1) is 30.0 Å². The number of nitrogens with one attached hydrogen (secondary N) is 1. The van der Waals surface area contributed by atoms with Crippen LogP contribution in [0.15, 0.2) is 36.7 Å². The molecule has 1 aromatic heterocycles. The van der Waals surface area contributed by atoms with Gasteiger partial charge in [-0.05, 0) is 31.2 Å². The number of anilines is 1. The Hall–Kier alpha value is -2.84. The smallest absolute Gasteiger partial charge is 0.416 e. The fourth-order valence-electron chi connectivity index (χ4n) is 2.09. The molecule has 1 aromatic carbocycles. The first kappa shape index (κ1) is 18.5. The molecule has 1 N–H and O–H groups in total. The average Bonchev–Trinajstić information content (AvgIpc) is 3.06. The molecule has 2 aromatic rings. The van der Waals surface area contributed by atoms with Crippen molar-refractivity contribution in [1.29, 1.82) is 0 Å². The predicted molar refractivity (Wildman–Crippen MR) is 83.1 cm³/mol. The van der Waals surface area contributed by atoms with Crippen molar-refractivity contribution in [1.82, 2.24) is 9.78 Å². The summed E-state index contributed by atoms with van der Waals surface area (Å²) in [6.45, 7) is 1.83. The molecule has 1 amide bonds. The molecule has 134 valence electrons. The second kappa shape index (κ2) is 7.82. The number of aromatic nitrogens is 2. The minimum atomic E-state index is -4.55. The Balaban J connectivity index is 2.21. The third-order valence-corrected chi connectivity index (χ3v) is 3.21. The van der Waals surface area contributed by atoms with Crippen molar-refractivity contribution in [2.45, 2.75) is 25.9 Å². The van der Waals surface area contributed by atoms with E-state index >= 15 is 0 Å². The fraction of sp³-hybridized carbons (Fsp3) is 0.312. The van der Waals surface area contributed by atoms with Gasteiger partial charge in [-0.2, -0.15) is 18.3 Å². The fourth-order valence-corrected chi connectivity index (χ4v) is 2.09. The number of ether oxygens (including phenoxy) is 1. The second-order valence-corrected chi connectivity index (χ2v) is 5.03. The number of alkyl halides is 3. The van der Waals surface area contributed by atoms with Gasteiger partial charge in [0.2, 0.25) is 5.91 Å². The molecule has 0 aliphatic carbocycles. The largest absolute Gasteiger partial charge is 0.466 e. The van der Waals surface area contributed by atoms with Gasteiger partial charge in [0.1, 0.15) is 0 Å². The van der Waals surface area contributed by atoms with Gasteiger partial charge in [-0.15, -0.1) is 0 Å². The summed E-state index contributed by atoms with van der Waals surface area (Å²) >= 11 is 0. The van der Waals surface area contributed by atoms with Gasteiger partial charge in [0, 0.05) is 18.8 Å². The molecule has 0 saturated carbocycles. The zero-order valence-electron chi connectivity index (χ0n) is 13.3. The lowest BCUT2D eigenvalue weighted by Crippen LogP contribution is -2.17. The molecule has 0 bridgehead atoms. The van der Waals surface area contributed by atoms with Gasteiger partial charge >= 0.3 is 12.1 Å². The number of halogens is 3. The average molecular weight is 355 g/mol. The molecule has 0 unspecified atom stereocenters. The van der Waals surface area contributed by atoms with Crippen LogP contribution in [0, 0.1) is 0 Å². The molecular weight excluding hydrogens is 339 g/mol. The van der Waals surface area contributed by atoms with Crippen molar-refractivity contribution in [3.8, 4) is 5.69 Å². The van der Waals surface area contributed by atoms with E-state index in [2.05, 4.69) is 10.4 Å². The number of carbonyl (C=O) groups is 2. The summed E-state index contributed by atoms with van der Waals surface area (Å²) in [5.74, 6) is -1.14. The SMILES string of the molecule is CCOC(=O)CCC(=O)Nc1cc(C(F)(F)F)ccc1-n1cccn1. The summed E-state index contributed by atoms with van der Waals surface area (Å²) in [6.07, 6.45) is -1.91. The van der Waals surface area contributed by atoms with Crippen molar-refractivity contribution >= 4 is 17.6 Å². The molecular formula is C16H16F3N3O3. The van der Waals surface area contributed by atoms with Gasteiger partial charge in [-0.25, -0.2) is 4.68 Å². The Bertz CT molecular complexity index is 743. The number of hydrogen-bond acceptors (Lipinski definition) is 4. The van der Waals surface area contributed by atoms with Gasteiger partial charge in [0.15, 0.2) is 0 Å². The summed E-state index contributed by atoms with van der Waals surface area (Å²) in [5.41, 5.74) is -0.668. The van der Waals surface area contributed by atoms with Crippen LogP contribution in [0.3, 0.4) is 0 Å². The van der Waals surface area contributed by atoms with E-state index in [1.165, 1.54) is 23.1 Å². The number of carbonyl (C=O) groups excluding carboxylic acids is 2. The van der Waals surface area contributed by atoms with Crippen LogP contribution in [0.5, 0.6) is 0 Å². The highest BCUT2D eigenvalue weighted by molar-refractivity contribution is 5.94. The lowest BCUT2D eigenvalue weighted by Gasteiger charge is -2.14. The third kappa shape index (κ3) is 5.07. The number of nitrogens with zero attached hydrogens (tertiary/aromatic N) is 2. The molecule has 0 spiro atoms. The molecule has 1 heterocycles. The highest BCUT2D eigenvalue weighted by Gasteiger charge is 2.31. The molecule has 0 saturated heterocycles. The zero-order valence-corrected chi connectivity index (χ0v) is 13.3. The van der Waals surface area contributed by atoms with E-state index in [-0.39, 0.29) is 30.8 Å². The Labute approximate surface area is 141 Å². The zero-order chi connectivity index (χ0) is 18.4. The highest BCUT2D eigenvalue weighted by Crippen LogP contribution is 2.33. The topological polar surface area (TPSA) is 73.2 Å². The Kier molecular flexibility index (Phi) is 5.79. The number of benzene rings is 1. The Morgan fingerprint density at radius 3 is 2.64 bits per heavy atom. The third-order valence-electron chi connectivity index (χ3n) is 3.21. The van der Waals surface area contributed by atoms with E-state index in [9.17, 15) is 22.8 Å². The van der Waals surface area contributed by atoms with Crippen molar-refractivity contribution in [3.63, 3.8) is 0 Å². The van der Waals surface area contributed by atoms with Crippen molar-refractivity contribution in [2.24, 2.45) is 0 Å². The monoisotopic (exact) mass is 355 g/mol. The predicted octanol–water partition coefficient (Wildman–Crippen LogP) is 3.17. The van der Waals surface area contributed by atoms with Crippen molar-refractivity contribution in [3.05, 3.63) is 42.2 Å². The van der Waals surface area contributed by atoms with E-state index in [1.807, 2.05) is 0 Å². The van der Waals surface area contributed by atoms with E-state index in [0.717, 1.165) is 12.1 Å². The molecule has 0 radical (unpaired) electrons. The standard InChI is InChI=1S/C16H16F3N3O3/c1-2-25-15(24)7-6-14(23)21-12-10-11(16(17,18)19)4-5-13(12)22-9-3-8-20-22/h3-5,8-10H,2,6-7H2,1H3,(H,21,23). The van der Waals surface area contributed by atoms with Crippen LogP contribution in [0.1, 0.15) is 25.3 Å². The molecule has 0 atom stereocenters. The lowest BCUT2D eigenvalue weighted by atomic mass is 10.1. The van der Waals surface area contributed by atoms with Crippen LogP contribution in [-0.2, 0) is 20.5 Å². The van der Waals surface area contributed by atoms with Gasteiger partial charge < -0.3 is 10.1 Å². The number of esters is 1. The summed E-state index contributed by atoms with van der Waals surface area (Å²) in [4.78, 5) is 23.2. The van der Waals surface area contributed by atoms with E-state index in [1.54, 1.807) is 13.0 Å². The summed E-state index contributed by atoms with van der Waals surface area (Å²) < 4.78 is 44.8. The molecule has 25 heavy (non-hydrogen) atoms. The first-order valence-corrected chi connectivity index (χ1v) is 7.48. The molecule has 6 nitrogen and oxygen atoms in total. The first-order valence-electron chi connectivity index (χ1n) is 7.48. The van der Waals surface area contributed by atoms with Crippen LogP contribution >= 0.6 is 0 Å². The highest BCUT2D eigenvalue weighted by atomic mass is 19.4. The molecule has 2 rings (SSSR count). The minimum absolute atomic E-state index is 0.0487. The number of rotatable bonds is 6. The van der Waals surface area contributed by atoms with Crippen LogP contribution in [0.25, 0.3) is 5.69 Å². The Morgan fingerprint density at radius 1 is 1.28 bits per heavy atom. The normalized spacial score (nSPS) is 11.2. The van der Waals surface area contributed by atoms with Gasteiger partial charge in [0.25, 0.3) is 0 Å². The minimum Gasteiger partial charge on any atom is -0.466 e. The van der Waals surface area contributed by atoms with Crippen LogP contribution in [0.2, 0.25) is 0 Å². The number of hydrogen-bond donors (Lipinski definition) is 1. The second-order valence-electron chi connectivity index (χ2n) is 5.03. The quantitative estimate of drug-likeness (QED) is 0.808. The summed E-state index contributed by atoms with van der Waals surface area (Å²) in [7, 11) is 0. The first-order chi connectivity index (χ1) is 11.8. The van der Waals surface area contributed by atoms with E-state index < -0.39 is 23.6 Å². The number of amides is 1. The maximum Gasteiger partial charge on any atom is 0.416 e. The maximum atomic E-state index is 12.9. The molecule has 0 aliphatic heterocycles. The van der Waals surface area contributed by atoms with Crippen molar-refractivity contribution < 1.29 is 27.5 Å². The van der Waals surface area contributed by atoms with Crippen LogP contribution < -0.4 is 5.32 Å². The maximum absolute atomic E-state index is 12.9. The Morgan fingerprint density at radius 2 is 2.04 bits per heavy atom. The van der Waals surface area contributed by atoms with Crippen LogP contribution in [-0.4, -0.2) is 28.3 Å². The summed E-state index contributed by atoms with van der Waals surface area (Å²) in [6, 6.07) is 4.56. The van der Waals surface area contributed by atoms with Crippen LogP contribution in [0.4, 0.5) is 18.9 Å². The van der Waals surface area contributed by atoms with Gasteiger partial charge in [-0.1, -0.05) is 0 Å². The lowest BCUT2D eigenvalue weighted by molar-refractivity contribution is -0.144. The molecule has 0 aliphatic rings. The summed E-state index contributed by atoms with van der Waals surface area (Å²) in [5, 5.41) is 6.36. The molecule has 0 fully saturated rings. The van der Waals surface area contributed by atoms with Gasteiger partial charge in [-0.3, -0.25) is 9.59 Å². The van der Waals surface area contributed by atoms with E-state index in [4.69, 9.17) is 4.74 Å². The van der Waals surface area contributed by atoms with Crippen molar-refractivity contribution in [2.75, 3.05) is 11.9 Å². The molecule has 9 heteroatoms. The van der Waals surface area contributed by atoms with E-state index in [0.29, 0.717) is 0 Å².